The topological polar surface area (TPSA) is 80.0 Å². The summed E-state index contributed by atoms with van der Waals surface area (Å²) in [5, 5.41) is 16.1. The van der Waals surface area contributed by atoms with E-state index in [0.717, 1.165) is 5.56 Å². The first-order valence-electron chi connectivity index (χ1n) is 5.47. The highest BCUT2D eigenvalue weighted by Gasteiger charge is 2.21. The SMILES string of the molecule is Cc1ccc(NC(C(=O)O)c2cnn(C)c2)nc1. The Labute approximate surface area is 104 Å². The number of aromatic nitrogens is 3. The van der Waals surface area contributed by atoms with Gasteiger partial charge in [0, 0.05) is 25.0 Å². The van der Waals surface area contributed by atoms with Crippen LogP contribution in [0.4, 0.5) is 5.82 Å². The van der Waals surface area contributed by atoms with E-state index in [1.165, 1.54) is 6.20 Å². The summed E-state index contributed by atoms with van der Waals surface area (Å²) in [5.74, 6) is -0.442. The first-order chi connectivity index (χ1) is 8.56. The number of nitrogens with one attached hydrogen (secondary N) is 1. The van der Waals surface area contributed by atoms with Crippen molar-refractivity contribution in [1.82, 2.24) is 14.8 Å². The number of nitrogens with zero attached hydrogens (tertiary/aromatic N) is 3. The molecule has 18 heavy (non-hydrogen) atoms. The Morgan fingerprint density at radius 1 is 1.44 bits per heavy atom. The zero-order valence-electron chi connectivity index (χ0n) is 10.2. The molecule has 0 aromatic carbocycles. The monoisotopic (exact) mass is 246 g/mol. The number of rotatable bonds is 4. The number of hydrogen-bond donors (Lipinski definition) is 2. The summed E-state index contributed by atoms with van der Waals surface area (Å²) in [6.07, 6.45) is 4.88. The predicted molar refractivity (Wildman–Crippen MR) is 66.2 cm³/mol. The lowest BCUT2D eigenvalue weighted by Gasteiger charge is -2.13. The van der Waals surface area contributed by atoms with Gasteiger partial charge in [0.05, 0.1) is 6.20 Å². The molecule has 0 spiro atoms. The molecule has 2 N–H and O–H groups in total. The number of carboxylic acid groups (broad SMARTS) is 1. The molecule has 2 aromatic rings. The van der Waals surface area contributed by atoms with Crippen LogP contribution in [0.5, 0.6) is 0 Å². The minimum absolute atomic E-state index is 0.525. The van der Waals surface area contributed by atoms with Crippen LogP contribution < -0.4 is 5.32 Å². The fraction of sp³-hybridized carbons (Fsp3) is 0.250. The molecule has 0 fully saturated rings. The maximum absolute atomic E-state index is 11.3. The van der Waals surface area contributed by atoms with Crippen molar-refractivity contribution in [2.45, 2.75) is 13.0 Å². The van der Waals surface area contributed by atoms with Gasteiger partial charge in [0.25, 0.3) is 0 Å². The van der Waals surface area contributed by atoms with E-state index in [2.05, 4.69) is 15.4 Å². The smallest absolute Gasteiger partial charge is 0.330 e. The van der Waals surface area contributed by atoms with Crippen LogP contribution >= 0.6 is 0 Å². The van der Waals surface area contributed by atoms with Crippen LogP contribution in [0.25, 0.3) is 0 Å². The molecule has 0 saturated carbocycles. The molecule has 0 aliphatic rings. The number of pyridine rings is 1. The van der Waals surface area contributed by atoms with Gasteiger partial charge in [-0.1, -0.05) is 6.07 Å². The van der Waals surface area contributed by atoms with Crippen LogP contribution in [0.1, 0.15) is 17.2 Å². The number of hydrogen-bond acceptors (Lipinski definition) is 4. The van der Waals surface area contributed by atoms with Crippen molar-refractivity contribution >= 4 is 11.8 Å². The Morgan fingerprint density at radius 2 is 2.22 bits per heavy atom. The van der Waals surface area contributed by atoms with Crippen molar-refractivity contribution in [3.8, 4) is 0 Å². The first-order valence-corrected chi connectivity index (χ1v) is 5.47. The lowest BCUT2D eigenvalue weighted by molar-refractivity contribution is -0.138. The molecule has 2 aromatic heterocycles. The van der Waals surface area contributed by atoms with Crippen molar-refractivity contribution in [2.24, 2.45) is 7.05 Å². The zero-order chi connectivity index (χ0) is 13.1. The Bertz CT molecular complexity index is 547. The van der Waals surface area contributed by atoms with Crippen LogP contribution in [-0.4, -0.2) is 25.8 Å². The third-order valence-corrected chi connectivity index (χ3v) is 2.51. The summed E-state index contributed by atoms with van der Waals surface area (Å²) >= 11 is 0. The van der Waals surface area contributed by atoms with Crippen LogP contribution in [-0.2, 0) is 11.8 Å². The van der Waals surface area contributed by atoms with Crippen molar-refractivity contribution in [2.75, 3.05) is 5.32 Å². The number of aliphatic carboxylic acids is 1. The molecule has 0 aliphatic heterocycles. The van der Waals surface area contributed by atoms with Crippen molar-refractivity contribution in [3.05, 3.63) is 41.9 Å². The summed E-state index contributed by atoms with van der Waals surface area (Å²) in [7, 11) is 1.74. The van der Waals surface area contributed by atoms with E-state index in [1.54, 1.807) is 30.2 Å². The Kier molecular flexibility index (Phi) is 3.27. The second-order valence-corrected chi connectivity index (χ2v) is 4.08. The van der Waals surface area contributed by atoms with Crippen molar-refractivity contribution in [3.63, 3.8) is 0 Å². The Morgan fingerprint density at radius 3 is 2.72 bits per heavy atom. The summed E-state index contributed by atoms with van der Waals surface area (Å²) in [4.78, 5) is 15.4. The van der Waals surface area contributed by atoms with Gasteiger partial charge in [-0.05, 0) is 18.6 Å². The molecule has 0 amide bonds. The van der Waals surface area contributed by atoms with E-state index in [0.29, 0.717) is 11.4 Å². The molecule has 94 valence electrons. The molecular weight excluding hydrogens is 232 g/mol. The summed E-state index contributed by atoms with van der Waals surface area (Å²) in [6.45, 7) is 1.92. The molecule has 2 heterocycles. The van der Waals surface area contributed by atoms with Gasteiger partial charge in [-0.15, -0.1) is 0 Å². The van der Waals surface area contributed by atoms with E-state index >= 15 is 0 Å². The maximum Gasteiger partial charge on any atom is 0.330 e. The Balaban J connectivity index is 2.22. The highest BCUT2D eigenvalue weighted by Crippen LogP contribution is 2.18. The highest BCUT2D eigenvalue weighted by molar-refractivity contribution is 5.78. The lowest BCUT2D eigenvalue weighted by atomic mass is 10.1. The fourth-order valence-corrected chi connectivity index (χ4v) is 1.58. The third-order valence-electron chi connectivity index (χ3n) is 2.51. The van der Waals surface area contributed by atoms with Crippen molar-refractivity contribution < 1.29 is 9.90 Å². The van der Waals surface area contributed by atoms with Gasteiger partial charge in [-0.25, -0.2) is 9.78 Å². The van der Waals surface area contributed by atoms with Gasteiger partial charge < -0.3 is 10.4 Å². The highest BCUT2D eigenvalue weighted by atomic mass is 16.4. The molecule has 6 heteroatoms. The molecular formula is C12H14N4O2. The number of anilines is 1. The minimum atomic E-state index is -0.967. The van der Waals surface area contributed by atoms with E-state index in [1.807, 2.05) is 13.0 Å². The largest absolute Gasteiger partial charge is 0.479 e. The zero-order valence-corrected chi connectivity index (χ0v) is 10.2. The number of aryl methyl sites for hydroxylation is 2. The van der Waals surface area contributed by atoms with Gasteiger partial charge in [-0.2, -0.15) is 5.10 Å². The average molecular weight is 246 g/mol. The second kappa shape index (κ2) is 4.87. The van der Waals surface area contributed by atoms with E-state index in [9.17, 15) is 9.90 Å². The van der Waals surface area contributed by atoms with Crippen LogP contribution in [0, 0.1) is 6.92 Å². The average Bonchev–Trinajstić information content (AvgIpc) is 2.74. The minimum Gasteiger partial charge on any atom is -0.479 e. The van der Waals surface area contributed by atoms with Gasteiger partial charge in [0.15, 0.2) is 6.04 Å². The standard InChI is InChI=1S/C12H14N4O2/c1-8-3-4-10(13-5-8)15-11(12(17)18)9-6-14-16(2)7-9/h3-7,11H,1-2H3,(H,13,15)(H,17,18). The summed E-state index contributed by atoms with van der Waals surface area (Å²) in [5.41, 5.74) is 1.61. The molecule has 0 radical (unpaired) electrons. The summed E-state index contributed by atoms with van der Waals surface area (Å²) in [6, 6.07) is 2.77. The molecule has 0 bridgehead atoms. The van der Waals surface area contributed by atoms with E-state index in [-0.39, 0.29) is 0 Å². The molecule has 6 nitrogen and oxygen atoms in total. The molecule has 1 unspecified atom stereocenters. The quantitative estimate of drug-likeness (QED) is 0.851. The van der Waals surface area contributed by atoms with Crippen LogP contribution in [0.3, 0.4) is 0 Å². The Hall–Kier alpha value is -2.37. The van der Waals surface area contributed by atoms with Gasteiger partial charge in [0.1, 0.15) is 5.82 Å². The molecule has 0 aliphatic carbocycles. The maximum atomic E-state index is 11.3. The summed E-state index contributed by atoms with van der Waals surface area (Å²) < 4.78 is 1.57. The predicted octanol–water partition coefficient (Wildman–Crippen LogP) is 1.36. The van der Waals surface area contributed by atoms with Gasteiger partial charge in [-0.3, -0.25) is 4.68 Å². The molecule has 0 saturated heterocycles. The first kappa shape index (κ1) is 12.1. The second-order valence-electron chi connectivity index (χ2n) is 4.08. The fourth-order valence-electron chi connectivity index (χ4n) is 1.58. The van der Waals surface area contributed by atoms with E-state index < -0.39 is 12.0 Å². The van der Waals surface area contributed by atoms with Crippen LogP contribution in [0.15, 0.2) is 30.7 Å². The van der Waals surface area contributed by atoms with Gasteiger partial charge in [0.2, 0.25) is 0 Å². The molecule has 2 rings (SSSR count). The molecule has 1 atom stereocenters. The lowest BCUT2D eigenvalue weighted by Crippen LogP contribution is -2.20. The van der Waals surface area contributed by atoms with Crippen molar-refractivity contribution in [1.29, 1.82) is 0 Å². The van der Waals surface area contributed by atoms with Crippen LogP contribution in [0.2, 0.25) is 0 Å². The van der Waals surface area contributed by atoms with E-state index in [4.69, 9.17) is 0 Å². The normalized spacial score (nSPS) is 12.1. The number of carboxylic acids is 1. The van der Waals surface area contributed by atoms with Gasteiger partial charge >= 0.3 is 5.97 Å². The number of carbonyl (C=O) groups is 1. The third kappa shape index (κ3) is 2.65.